The molecular formula is C19H24N2O4. The molecule has 1 atom stereocenters. The van der Waals surface area contributed by atoms with Gasteiger partial charge in [0, 0.05) is 20.0 Å². The molecule has 2 aromatic rings. The van der Waals surface area contributed by atoms with E-state index in [0.29, 0.717) is 19.4 Å². The van der Waals surface area contributed by atoms with Gasteiger partial charge in [0.2, 0.25) is 5.91 Å². The summed E-state index contributed by atoms with van der Waals surface area (Å²) in [6.45, 7) is 2.41. The van der Waals surface area contributed by atoms with Gasteiger partial charge in [-0.25, -0.2) is 0 Å². The van der Waals surface area contributed by atoms with Crippen LogP contribution < -0.4 is 10.1 Å². The predicted molar refractivity (Wildman–Crippen MR) is 94.5 cm³/mol. The first-order valence-electron chi connectivity index (χ1n) is 8.24. The standard InChI is InChI=1S/C19H24N2O4/c1-14(15-8-10-16(24-3)11-9-15)21(2)18(22)7-4-12-20-19(23)17-6-5-13-25-17/h5-6,8-11,13-14H,4,7,12H2,1-3H3,(H,20,23). The maximum absolute atomic E-state index is 12.3. The van der Waals surface area contributed by atoms with Crippen LogP contribution in [0.15, 0.2) is 47.1 Å². The Morgan fingerprint density at radius 2 is 1.96 bits per heavy atom. The van der Waals surface area contributed by atoms with Crippen molar-refractivity contribution in [3.63, 3.8) is 0 Å². The van der Waals surface area contributed by atoms with E-state index in [1.165, 1.54) is 6.26 Å². The minimum Gasteiger partial charge on any atom is -0.497 e. The third kappa shape index (κ3) is 5.11. The third-order valence-electron chi connectivity index (χ3n) is 4.17. The van der Waals surface area contributed by atoms with E-state index in [0.717, 1.165) is 11.3 Å². The van der Waals surface area contributed by atoms with Crippen LogP contribution in [0.5, 0.6) is 5.75 Å². The van der Waals surface area contributed by atoms with Gasteiger partial charge in [-0.3, -0.25) is 9.59 Å². The van der Waals surface area contributed by atoms with Crippen molar-refractivity contribution in [3.8, 4) is 5.75 Å². The van der Waals surface area contributed by atoms with Gasteiger partial charge in [-0.15, -0.1) is 0 Å². The highest BCUT2D eigenvalue weighted by molar-refractivity contribution is 5.91. The molecule has 1 N–H and O–H groups in total. The third-order valence-corrected chi connectivity index (χ3v) is 4.17. The number of nitrogens with zero attached hydrogens (tertiary/aromatic N) is 1. The van der Waals surface area contributed by atoms with Gasteiger partial charge in [-0.05, 0) is 43.2 Å². The van der Waals surface area contributed by atoms with E-state index in [1.807, 2.05) is 31.2 Å². The van der Waals surface area contributed by atoms with Gasteiger partial charge in [-0.1, -0.05) is 12.1 Å². The van der Waals surface area contributed by atoms with Crippen LogP contribution in [0.4, 0.5) is 0 Å². The van der Waals surface area contributed by atoms with E-state index in [4.69, 9.17) is 9.15 Å². The van der Waals surface area contributed by atoms with Gasteiger partial charge in [0.1, 0.15) is 5.75 Å². The molecule has 0 radical (unpaired) electrons. The van der Waals surface area contributed by atoms with Gasteiger partial charge in [0.25, 0.3) is 5.91 Å². The molecule has 0 saturated carbocycles. The minimum absolute atomic E-state index is 0.0314. The summed E-state index contributed by atoms with van der Waals surface area (Å²) >= 11 is 0. The molecule has 134 valence electrons. The lowest BCUT2D eigenvalue weighted by molar-refractivity contribution is -0.131. The highest BCUT2D eigenvalue weighted by atomic mass is 16.5. The topological polar surface area (TPSA) is 71.8 Å². The molecule has 1 aromatic carbocycles. The number of hydrogen-bond donors (Lipinski definition) is 1. The Balaban J connectivity index is 1.76. The summed E-state index contributed by atoms with van der Waals surface area (Å²) in [5.41, 5.74) is 1.04. The molecule has 6 nitrogen and oxygen atoms in total. The summed E-state index contributed by atoms with van der Waals surface area (Å²) in [5.74, 6) is 0.835. The number of amides is 2. The summed E-state index contributed by atoms with van der Waals surface area (Å²) in [6.07, 6.45) is 2.40. The summed E-state index contributed by atoms with van der Waals surface area (Å²) in [7, 11) is 3.41. The molecule has 0 aliphatic heterocycles. The maximum Gasteiger partial charge on any atom is 0.286 e. The number of hydrogen-bond acceptors (Lipinski definition) is 4. The van der Waals surface area contributed by atoms with Crippen LogP contribution >= 0.6 is 0 Å². The number of nitrogens with one attached hydrogen (secondary N) is 1. The molecule has 0 aliphatic rings. The maximum atomic E-state index is 12.3. The van der Waals surface area contributed by atoms with Gasteiger partial charge in [0.05, 0.1) is 19.4 Å². The van der Waals surface area contributed by atoms with E-state index < -0.39 is 0 Å². The molecule has 2 amide bonds. The largest absolute Gasteiger partial charge is 0.497 e. The molecule has 2 rings (SSSR count). The molecule has 1 unspecified atom stereocenters. The predicted octanol–water partition coefficient (Wildman–Crippen LogP) is 3.02. The summed E-state index contributed by atoms with van der Waals surface area (Å²) < 4.78 is 10.2. The molecule has 1 aromatic heterocycles. The monoisotopic (exact) mass is 344 g/mol. The second-order valence-electron chi connectivity index (χ2n) is 5.79. The number of carbonyl (C=O) groups is 2. The summed E-state index contributed by atoms with van der Waals surface area (Å²) in [6, 6.07) is 10.9. The molecule has 0 saturated heterocycles. The molecule has 1 heterocycles. The molecule has 0 bridgehead atoms. The van der Waals surface area contributed by atoms with Gasteiger partial charge in [-0.2, -0.15) is 0 Å². The first kappa shape index (κ1) is 18.6. The van der Waals surface area contributed by atoms with Crippen molar-refractivity contribution >= 4 is 11.8 Å². The molecule has 25 heavy (non-hydrogen) atoms. The minimum atomic E-state index is -0.266. The van der Waals surface area contributed by atoms with Crippen molar-refractivity contribution in [2.45, 2.75) is 25.8 Å². The first-order valence-corrected chi connectivity index (χ1v) is 8.24. The first-order chi connectivity index (χ1) is 12.0. The Bertz CT molecular complexity index is 680. The SMILES string of the molecule is COc1ccc(C(C)N(C)C(=O)CCCNC(=O)c2ccco2)cc1. The van der Waals surface area contributed by atoms with Crippen LogP contribution in [0.25, 0.3) is 0 Å². The smallest absolute Gasteiger partial charge is 0.286 e. The lowest BCUT2D eigenvalue weighted by atomic mass is 10.1. The fourth-order valence-electron chi connectivity index (χ4n) is 2.43. The van der Waals surface area contributed by atoms with Crippen LogP contribution in [0.3, 0.4) is 0 Å². The van der Waals surface area contributed by atoms with Crippen molar-refractivity contribution in [2.75, 3.05) is 20.7 Å². The number of methoxy groups -OCH3 is 1. The normalized spacial score (nSPS) is 11.6. The Kier molecular flexibility index (Phi) is 6.62. The van der Waals surface area contributed by atoms with Crippen molar-refractivity contribution < 1.29 is 18.7 Å². The zero-order chi connectivity index (χ0) is 18.2. The Hall–Kier alpha value is -2.76. The van der Waals surface area contributed by atoms with Crippen LogP contribution in [-0.4, -0.2) is 37.4 Å². The number of furan rings is 1. The molecule has 0 fully saturated rings. The molecular weight excluding hydrogens is 320 g/mol. The fraction of sp³-hybridized carbons (Fsp3) is 0.368. The van der Waals surface area contributed by atoms with Gasteiger partial charge in [0.15, 0.2) is 5.76 Å². The van der Waals surface area contributed by atoms with Crippen molar-refractivity contribution in [3.05, 3.63) is 54.0 Å². The van der Waals surface area contributed by atoms with Gasteiger partial charge >= 0.3 is 0 Å². The Labute approximate surface area is 147 Å². The number of rotatable bonds is 8. The Morgan fingerprint density at radius 1 is 1.24 bits per heavy atom. The molecule has 0 aliphatic carbocycles. The average Bonchev–Trinajstić information content (AvgIpc) is 3.18. The van der Waals surface area contributed by atoms with Gasteiger partial charge < -0.3 is 19.4 Å². The molecule has 6 heteroatoms. The van der Waals surface area contributed by atoms with E-state index in [-0.39, 0.29) is 23.6 Å². The van der Waals surface area contributed by atoms with Crippen molar-refractivity contribution in [2.24, 2.45) is 0 Å². The van der Waals surface area contributed by atoms with Crippen LogP contribution in [0.2, 0.25) is 0 Å². The van der Waals surface area contributed by atoms with E-state index in [1.54, 1.807) is 31.2 Å². The fourth-order valence-corrected chi connectivity index (χ4v) is 2.43. The van der Waals surface area contributed by atoms with Crippen LogP contribution in [-0.2, 0) is 4.79 Å². The molecule has 0 spiro atoms. The van der Waals surface area contributed by atoms with Crippen LogP contribution in [0, 0.1) is 0 Å². The zero-order valence-electron chi connectivity index (χ0n) is 14.8. The highest BCUT2D eigenvalue weighted by Gasteiger charge is 2.17. The van der Waals surface area contributed by atoms with Crippen LogP contribution in [0.1, 0.15) is 41.9 Å². The second kappa shape index (κ2) is 8.92. The van der Waals surface area contributed by atoms with E-state index >= 15 is 0 Å². The summed E-state index contributed by atoms with van der Waals surface area (Å²) in [4.78, 5) is 25.8. The number of benzene rings is 1. The zero-order valence-corrected chi connectivity index (χ0v) is 14.8. The van der Waals surface area contributed by atoms with E-state index in [9.17, 15) is 9.59 Å². The highest BCUT2D eigenvalue weighted by Crippen LogP contribution is 2.22. The number of carbonyl (C=O) groups excluding carboxylic acids is 2. The lowest BCUT2D eigenvalue weighted by Gasteiger charge is -2.25. The van der Waals surface area contributed by atoms with E-state index in [2.05, 4.69) is 5.32 Å². The second-order valence-corrected chi connectivity index (χ2v) is 5.79. The Morgan fingerprint density at radius 3 is 2.56 bits per heavy atom. The summed E-state index contributed by atoms with van der Waals surface area (Å²) in [5, 5.41) is 2.74. The van der Waals surface area contributed by atoms with Crippen molar-refractivity contribution in [1.82, 2.24) is 10.2 Å². The quantitative estimate of drug-likeness (QED) is 0.747. The lowest BCUT2D eigenvalue weighted by Crippen LogP contribution is -2.31. The van der Waals surface area contributed by atoms with Crippen molar-refractivity contribution in [1.29, 1.82) is 0 Å². The average molecular weight is 344 g/mol. The number of ether oxygens (including phenoxy) is 1.